The minimum absolute atomic E-state index is 0.0312. The van der Waals surface area contributed by atoms with E-state index in [-0.39, 0.29) is 11.6 Å². The highest BCUT2D eigenvalue weighted by Gasteiger charge is 2.16. The van der Waals surface area contributed by atoms with E-state index in [1.165, 1.54) is 6.07 Å². The molecule has 0 atom stereocenters. The van der Waals surface area contributed by atoms with Crippen LogP contribution in [0.3, 0.4) is 0 Å². The minimum Gasteiger partial charge on any atom is -0.310 e. The molecule has 4 aromatic rings. The van der Waals surface area contributed by atoms with Crippen LogP contribution < -0.4 is 5.32 Å². The number of pyridine rings is 1. The lowest BCUT2D eigenvalue weighted by Crippen LogP contribution is -2.15. The molecular formula is C21H18FN5O. The molecular weight excluding hydrogens is 357 g/mol. The lowest BCUT2D eigenvalue weighted by atomic mass is 10.1. The van der Waals surface area contributed by atoms with Crippen LogP contribution in [0, 0.1) is 5.82 Å². The van der Waals surface area contributed by atoms with E-state index < -0.39 is 11.7 Å². The molecule has 6 nitrogen and oxygen atoms in total. The fraction of sp³-hybridized carbons (Fsp3) is 0.143. The number of amides is 1. The molecule has 0 radical (unpaired) electrons. The molecule has 28 heavy (non-hydrogen) atoms. The minimum atomic E-state index is -0.577. The number of hydrogen-bond donors (Lipinski definition) is 1. The fourth-order valence-electron chi connectivity index (χ4n) is 3.00. The van der Waals surface area contributed by atoms with E-state index in [1.807, 2.05) is 36.6 Å². The molecule has 4 rings (SSSR count). The number of aromatic nitrogens is 4. The number of hydrogen-bond acceptors (Lipinski definition) is 4. The van der Waals surface area contributed by atoms with Gasteiger partial charge in [0.2, 0.25) is 0 Å². The Bertz CT molecular complexity index is 1170. The Hall–Kier alpha value is -3.61. The highest BCUT2D eigenvalue weighted by Crippen LogP contribution is 2.22. The third kappa shape index (κ3) is 3.34. The normalized spacial score (nSPS) is 11.1. The van der Waals surface area contributed by atoms with E-state index in [0.717, 1.165) is 10.8 Å². The fourth-order valence-corrected chi connectivity index (χ4v) is 3.00. The zero-order chi connectivity index (χ0) is 19.7. The zero-order valence-electron chi connectivity index (χ0n) is 15.4. The standard InChI is InChI=1S/C21H18FN5O/c1-13(2)27-12-23-26-20(27)18-8-5-9-19(24-18)25-21(28)16-10-14-6-3-4-7-15(14)11-17(16)22/h3-13H,1-2H3,(H,24,25,28). The predicted molar refractivity (Wildman–Crippen MR) is 105 cm³/mol. The molecule has 0 saturated carbocycles. The third-order valence-corrected chi connectivity index (χ3v) is 4.43. The molecule has 0 unspecified atom stereocenters. The number of rotatable bonds is 4. The van der Waals surface area contributed by atoms with Gasteiger partial charge in [0.05, 0.1) is 5.56 Å². The SMILES string of the molecule is CC(C)n1cnnc1-c1cccc(NC(=O)c2cc3ccccc3cc2F)n1. The van der Waals surface area contributed by atoms with Crippen LogP contribution in [0.4, 0.5) is 10.2 Å². The van der Waals surface area contributed by atoms with Crippen molar-refractivity contribution < 1.29 is 9.18 Å². The summed E-state index contributed by atoms with van der Waals surface area (Å²) in [7, 11) is 0. The Kier molecular flexibility index (Phi) is 4.57. The number of nitrogens with zero attached hydrogens (tertiary/aromatic N) is 4. The maximum Gasteiger partial charge on any atom is 0.259 e. The number of nitrogens with one attached hydrogen (secondary N) is 1. The van der Waals surface area contributed by atoms with E-state index in [2.05, 4.69) is 20.5 Å². The van der Waals surface area contributed by atoms with Gasteiger partial charge in [0.25, 0.3) is 5.91 Å². The molecule has 1 N–H and O–H groups in total. The maximum atomic E-state index is 14.4. The third-order valence-electron chi connectivity index (χ3n) is 4.43. The van der Waals surface area contributed by atoms with Crippen molar-refractivity contribution in [2.45, 2.75) is 19.9 Å². The first-order valence-corrected chi connectivity index (χ1v) is 8.89. The van der Waals surface area contributed by atoms with Gasteiger partial charge in [0.1, 0.15) is 23.7 Å². The van der Waals surface area contributed by atoms with Crippen molar-refractivity contribution in [3.05, 3.63) is 72.3 Å². The van der Waals surface area contributed by atoms with Crippen molar-refractivity contribution in [3.8, 4) is 11.5 Å². The molecule has 1 amide bonds. The van der Waals surface area contributed by atoms with E-state index in [1.54, 1.807) is 36.7 Å². The average molecular weight is 375 g/mol. The van der Waals surface area contributed by atoms with Crippen LogP contribution in [0.5, 0.6) is 0 Å². The first-order chi connectivity index (χ1) is 13.5. The van der Waals surface area contributed by atoms with Crippen molar-refractivity contribution >= 4 is 22.5 Å². The second-order valence-electron chi connectivity index (χ2n) is 6.70. The molecule has 140 valence electrons. The topological polar surface area (TPSA) is 72.7 Å². The predicted octanol–water partition coefficient (Wildman–Crippen LogP) is 4.47. The van der Waals surface area contributed by atoms with Crippen LogP contribution >= 0.6 is 0 Å². The van der Waals surface area contributed by atoms with Crippen molar-refractivity contribution in [3.63, 3.8) is 0 Å². The number of fused-ring (bicyclic) bond motifs is 1. The van der Waals surface area contributed by atoms with E-state index in [4.69, 9.17) is 0 Å². The van der Waals surface area contributed by atoms with Crippen molar-refractivity contribution in [2.24, 2.45) is 0 Å². The number of benzene rings is 2. The van der Waals surface area contributed by atoms with Gasteiger partial charge in [-0.15, -0.1) is 10.2 Å². The summed E-state index contributed by atoms with van der Waals surface area (Å²) in [5.74, 6) is -0.221. The number of carbonyl (C=O) groups excluding carboxylic acids is 1. The van der Waals surface area contributed by atoms with Crippen LogP contribution in [0.25, 0.3) is 22.3 Å². The summed E-state index contributed by atoms with van der Waals surface area (Å²) in [5, 5.41) is 12.2. The van der Waals surface area contributed by atoms with Crippen molar-refractivity contribution in [1.29, 1.82) is 0 Å². The van der Waals surface area contributed by atoms with E-state index >= 15 is 0 Å². The molecule has 2 aromatic carbocycles. The monoisotopic (exact) mass is 375 g/mol. The molecule has 0 aliphatic carbocycles. The Morgan fingerprint density at radius 3 is 2.57 bits per heavy atom. The smallest absolute Gasteiger partial charge is 0.259 e. The highest BCUT2D eigenvalue weighted by molar-refractivity contribution is 6.06. The summed E-state index contributed by atoms with van der Waals surface area (Å²) in [4.78, 5) is 17.1. The molecule has 0 spiro atoms. The summed E-state index contributed by atoms with van der Waals surface area (Å²) in [6.45, 7) is 4.03. The number of halogens is 1. The summed E-state index contributed by atoms with van der Waals surface area (Å²) >= 11 is 0. The molecule has 0 aliphatic heterocycles. The first-order valence-electron chi connectivity index (χ1n) is 8.89. The van der Waals surface area contributed by atoms with Gasteiger partial charge in [-0.2, -0.15) is 0 Å². The second-order valence-corrected chi connectivity index (χ2v) is 6.70. The molecule has 0 aliphatic rings. The van der Waals surface area contributed by atoms with Gasteiger partial charge >= 0.3 is 0 Å². The Morgan fingerprint density at radius 1 is 1.07 bits per heavy atom. The van der Waals surface area contributed by atoms with Crippen LogP contribution in [0.15, 0.2) is 60.9 Å². The number of anilines is 1. The van der Waals surface area contributed by atoms with Gasteiger partial charge in [-0.05, 0) is 48.9 Å². The zero-order valence-corrected chi connectivity index (χ0v) is 15.4. The van der Waals surface area contributed by atoms with Crippen molar-refractivity contribution in [1.82, 2.24) is 19.7 Å². The second kappa shape index (κ2) is 7.19. The Labute approximate surface area is 161 Å². The van der Waals surface area contributed by atoms with E-state index in [9.17, 15) is 9.18 Å². The lowest BCUT2D eigenvalue weighted by molar-refractivity contribution is 0.102. The molecule has 7 heteroatoms. The van der Waals surface area contributed by atoms with Gasteiger partial charge in [0, 0.05) is 6.04 Å². The largest absolute Gasteiger partial charge is 0.310 e. The summed E-state index contributed by atoms with van der Waals surface area (Å²) in [6, 6.07) is 15.6. The molecule has 2 aromatic heterocycles. The highest BCUT2D eigenvalue weighted by atomic mass is 19.1. The van der Waals surface area contributed by atoms with Crippen LogP contribution in [-0.2, 0) is 0 Å². The van der Waals surface area contributed by atoms with Gasteiger partial charge in [-0.25, -0.2) is 9.37 Å². The number of carbonyl (C=O) groups is 1. The van der Waals surface area contributed by atoms with E-state index in [0.29, 0.717) is 17.3 Å². The maximum absolute atomic E-state index is 14.4. The molecule has 0 bridgehead atoms. The summed E-state index contributed by atoms with van der Waals surface area (Å²) in [6.07, 6.45) is 1.64. The first kappa shape index (κ1) is 17.8. The van der Waals surface area contributed by atoms with Crippen LogP contribution in [0.1, 0.15) is 30.2 Å². The summed E-state index contributed by atoms with van der Waals surface area (Å²) in [5.41, 5.74) is 0.541. The quantitative estimate of drug-likeness (QED) is 0.571. The molecule has 0 saturated heterocycles. The summed E-state index contributed by atoms with van der Waals surface area (Å²) < 4.78 is 16.3. The van der Waals surface area contributed by atoms with Gasteiger partial charge in [-0.1, -0.05) is 30.3 Å². The lowest BCUT2D eigenvalue weighted by Gasteiger charge is -2.11. The molecule has 2 heterocycles. The van der Waals surface area contributed by atoms with Crippen LogP contribution in [0.2, 0.25) is 0 Å². The van der Waals surface area contributed by atoms with Gasteiger partial charge in [0.15, 0.2) is 5.82 Å². The Balaban J connectivity index is 1.64. The average Bonchev–Trinajstić information content (AvgIpc) is 3.18. The van der Waals surface area contributed by atoms with Crippen molar-refractivity contribution in [2.75, 3.05) is 5.32 Å². The van der Waals surface area contributed by atoms with Gasteiger partial charge < -0.3 is 9.88 Å². The van der Waals surface area contributed by atoms with Crippen LogP contribution in [-0.4, -0.2) is 25.7 Å². The van der Waals surface area contributed by atoms with Gasteiger partial charge in [-0.3, -0.25) is 4.79 Å². The Morgan fingerprint density at radius 2 is 1.82 bits per heavy atom. The molecule has 0 fully saturated rings.